The summed E-state index contributed by atoms with van der Waals surface area (Å²) in [5, 5.41) is 8.94. The Balaban J connectivity index is 2.38. The number of amides is 2. The molecule has 7 heteroatoms. The molecule has 1 unspecified atom stereocenters. The van der Waals surface area contributed by atoms with Crippen molar-refractivity contribution in [2.24, 2.45) is 16.6 Å². The van der Waals surface area contributed by atoms with E-state index in [0.29, 0.717) is 11.3 Å². The molecule has 1 aliphatic heterocycles. The van der Waals surface area contributed by atoms with Crippen molar-refractivity contribution in [1.82, 2.24) is 9.97 Å². The summed E-state index contributed by atoms with van der Waals surface area (Å²) in [4.78, 5) is 33.9. The second kappa shape index (κ2) is 4.84. The second-order valence-corrected chi connectivity index (χ2v) is 3.61. The van der Waals surface area contributed by atoms with Crippen molar-refractivity contribution in [3.8, 4) is 0 Å². The van der Waals surface area contributed by atoms with E-state index >= 15 is 0 Å². The molecule has 0 bridgehead atoms. The molecular weight excluding hydrogens is 236 g/mol. The van der Waals surface area contributed by atoms with Gasteiger partial charge >= 0.3 is 0 Å². The number of hydrogen-bond acceptors (Lipinski definition) is 5. The number of aliphatic hydroxyl groups is 1. The number of dihydropyridines is 1. The lowest BCUT2D eigenvalue weighted by atomic mass is 10.00. The predicted octanol–water partition coefficient (Wildman–Crippen LogP) is -0.935. The third kappa shape index (κ3) is 2.30. The highest BCUT2D eigenvalue weighted by Crippen LogP contribution is 2.18. The van der Waals surface area contributed by atoms with Gasteiger partial charge in [-0.05, 0) is 6.07 Å². The molecule has 0 aliphatic carbocycles. The molecule has 0 saturated heterocycles. The summed E-state index contributed by atoms with van der Waals surface area (Å²) in [5.74, 6) is -2.18. The fourth-order valence-electron chi connectivity index (χ4n) is 1.50. The molecule has 1 aliphatic rings. The molecule has 2 heterocycles. The Hall–Kier alpha value is -2.41. The summed E-state index contributed by atoms with van der Waals surface area (Å²) in [5.41, 5.74) is 6.07. The predicted molar refractivity (Wildman–Crippen MR) is 62.1 cm³/mol. The highest BCUT2D eigenvalue weighted by Gasteiger charge is 2.25. The monoisotopic (exact) mass is 246 g/mol. The van der Waals surface area contributed by atoms with Gasteiger partial charge in [-0.15, -0.1) is 0 Å². The molecule has 7 nitrogen and oxygen atoms in total. The minimum absolute atomic E-state index is 0.245. The molecule has 1 aromatic heterocycles. The highest BCUT2D eigenvalue weighted by atomic mass is 16.3. The molecule has 1 aromatic rings. The first-order chi connectivity index (χ1) is 8.61. The summed E-state index contributed by atoms with van der Waals surface area (Å²) in [6.45, 7) is -0.295. The number of nitrogens with zero attached hydrogens (tertiary/aromatic N) is 3. The van der Waals surface area contributed by atoms with Crippen LogP contribution in [0.15, 0.2) is 23.3 Å². The van der Waals surface area contributed by atoms with Crippen molar-refractivity contribution >= 4 is 23.6 Å². The summed E-state index contributed by atoms with van der Waals surface area (Å²) in [6, 6.07) is 1.59. The van der Waals surface area contributed by atoms with Crippen LogP contribution in [0.4, 0.5) is 0 Å². The number of allylic oxidation sites excluding steroid dienone is 1. The van der Waals surface area contributed by atoms with Gasteiger partial charge in [0, 0.05) is 18.0 Å². The number of carbonyl (C=O) groups is 2. The van der Waals surface area contributed by atoms with Gasteiger partial charge in [-0.3, -0.25) is 9.59 Å². The van der Waals surface area contributed by atoms with Gasteiger partial charge in [0.15, 0.2) is 5.82 Å². The Morgan fingerprint density at radius 1 is 1.50 bits per heavy atom. The minimum Gasteiger partial charge on any atom is -0.388 e. The summed E-state index contributed by atoms with van der Waals surface area (Å²) in [6.07, 6.45) is 4.19. The van der Waals surface area contributed by atoms with Gasteiger partial charge in [0.05, 0.1) is 5.69 Å². The van der Waals surface area contributed by atoms with Crippen LogP contribution < -0.4 is 5.73 Å². The molecule has 92 valence electrons. The fraction of sp³-hybridized carbons (Fsp3) is 0.182. The summed E-state index contributed by atoms with van der Waals surface area (Å²) >= 11 is 0. The molecular formula is C11H10N4O3. The first kappa shape index (κ1) is 12.1. The Morgan fingerprint density at radius 3 is 2.94 bits per heavy atom. The maximum absolute atomic E-state index is 11.3. The number of hydrogen-bond donors (Lipinski definition) is 2. The first-order valence-electron chi connectivity index (χ1n) is 5.14. The van der Waals surface area contributed by atoms with E-state index in [1.54, 1.807) is 6.07 Å². The third-order valence-corrected chi connectivity index (χ3v) is 2.39. The number of rotatable bonds is 3. The topological polar surface area (TPSA) is 119 Å². The van der Waals surface area contributed by atoms with Crippen molar-refractivity contribution < 1.29 is 14.7 Å². The number of aliphatic hydroxyl groups excluding tert-OH is 1. The van der Waals surface area contributed by atoms with Crippen molar-refractivity contribution in [1.29, 1.82) is 0 Å². The van der Waals surface area contributed by atoms with Crippen LogP contribution in [0.1, 0.15) is 11.5 Å². The first-order valence-corrected chi connectivity index (χ1v) is 5.14. The van der Waals surface area contributed by atoms with Gasteiger partial charge in [-0.2, -0.15) is 0 Å². The number of aliphatic imine (C=N–C) groups is 1. The van der Waals surface area contributed by atoms with Gasteiger partial charge in [0.2, 0.25) is 5.91 Å². The van der Waals surface area contributed by atoms with E-state index in [1.807, 2.05) is 0 Å². The zero-order chi connectivity index (χ0) is 13.1. The van der Waals surface area contributed by atoms with E-state index in [9.17, 15) is 9.59 Å². The molecule has 0 aromatic carbocycles. The van der Waals surface area contributed by atoms with Crippen molar-refractivity contribution in [2.75, 3.05) is 0 Å². The zero-order valence-corrected chi connectivity index (χ0v) is 9.28. The van der Waals surface area contributed by atoms with E-state index < -0.39 is 17.7 Å². The third-order valence-electron chi connectivity index (χ3n) is 2.39. The van der Waals surface area contributed by atoms with E-state index in [1.165, 1.54) is 18.5 Å². The summed E-state index contributed by atoms with van der Waals surface area (Å²) < 4.78 is 0. The molecule has 0 spiro atoms. The van der Waals surface area contributed by atoms with Crippen LogP contribution in [0.3, 0.4) is 0 Å². The lowest BCUT2D eigenvalue weighted by molar-refractivity contribution is -0.129. The minimum atomic E-state index is -1.07. The maximum Gasteiger partial charge on any atom is 0.262 e. The maximum atomic E-state index is 11.3. The second-order valence-electron chi connectivity index (χ2n) is 3.61. The lowest BCUT2D eigenvalue weighted by Gasteiger charge is -2.11. The molecule has 0 fully saturated rings. The molecule has 3 N–H and O–H groups in total. The number of carbonyl (C=O) groups excluding carboxylic acids is 2. The van der Waals surface area contributed by atoms with Crippen molar-refractivity contribution in [2.45, 2.75) is 6.61 Å². The molecule has 0 saturated carbocycles. The molecule has 2 rings (SSSR count). The van der Waals surface area contributed by atoms with Crippen LogP contribution in [0.25, 0.3) is 5.57 Å². The van der Waals surface area contributed by atoms with E-state index in [0.717, 1.165) is 0 Å². The Morgan fingerprint density at radius 2 is 2.28 bits per heavy atom. The number of nitrogens with two attached hydrogens (primary N) is 1. The van der Waals surface area contributed by atoms with Gasteiger partial charge in [-0.1, -0.05) is 6.08 Å². The average molecular weight is 246 g/mol. The number of aromatic nitrogens is 2. The van der Waals surface area contributed by atoms with Crippen LogP contribution >= 0.6 is 0 Å². The van der Waals surface area contributed by atoms with E-state index in [-0.39, 0.29) is 12.4 Å². The van der Waals surface area contributed by atoms with Crippen LogP contribution in [0, 0.1) is 5.92 Å². The van der Waals surface area contributed by atoms with Crippen LogP contribution in [-0.4, -0.2) is 33.1 Å². The number of primary amides is 1. The molecule has 18 heavy (non-hydrogen) atoms. The van der Waals surface area contributed by atoms with Crippen molar-refractivity contribution in [3.05, 3.63) is 29.9 Å². The normalized spacial score (nSPS) is 18.6. The zero-order valence-electron chi connectivity index (χ0n) is 9.28. The molecule has 1 atom stereocenters. The van der Waals surface area contributed by atoms with Gasteiger partial charge in [0.25, 0.3) is 5.91 Å². The van der Waals surface area contributed by atoms with E-state index in [2.05, 4.69) is 15.0 Å². The molecule has 0 radical (unpaired) electrons. The van der Waals surface area contributed by atoms with Gasteiger partial charge < -0.3 is 10.8 Å². The Bertz CT molecular complexity index is 565. The fourth-order valence-corrected chi connectivity index (χ4v) is 1.50. The van der Waals surface area contributed by atoms with Crippen molar-refractivity contribution in [3.63, 3.8) is 0 Å². The van der Waals surface area contributed by atoms with E-state index in [4.69, 9.17) is 10.8 Å². The van der Waals surface area contributed by atoms with Crippen LogP contribution in [0.5, 0.6) is 0 Å². The highest BCUT2D eigenvalue weighted by molar-refractivity contribution is 6.19. The van der Waals surface area contributed by atoms with Crippen LogP contribution in [-0.2, 0) is 16.2 Å². The molecule has 2 amide bonds. The average Bonchev–Trinajstić information content (AvgIpc) is 2.39. The Labute approximate surface area is 102 Å². The summed E-state index contributed by atoms with van der Waals surface area (Å²) in [7, 11) is 0. The van der Waals surface area contributed by atoms with Gasteiger partial charge in [-0.25, -0.2) is 15.0 Å². The standard InChI is InChI=1S/C11H10N4O3/c12-10(17)7-3-6(4-14-11(7)18)8-1-2-13-9(5-16)15-8/h1-4,7,16H,5H2,(H2,12,17). The quantitative estimate of drug-likeness (QED) is 0.667. The smallest absolute Gasteiger partial charge is 0.262 e. The Kier molecular flexibility index (Phi) is 3.24. The van der Waals surface area contributed by atoms with Gasteiger partial charge in [0.1, 0.15) is 12.5 Å². The SMILES string of the molecule is NC(=O)C1C=C(c2ccnc(CO)n2)C=NC1=O. The largest absolute Gasteiger partial charge is 0.388 e. The lowest BCUT2D eigenvalue weighted by Crippen LogP contribution is -2.29. The van der Waals surface area contributed by atoms with Crippen LogP contribution in [0.2, 0.25) is 0 Å².